The van der Waals surface area contributed by atoms with Gasteiger partial charge in [-0.25, -0.2) is 9.07 Å². The van der Waals surface area contributed by atoms with E-state index in [-0.39, 0.29) is 5.75 Å². The Labute approximate surface area is 165 Å². The lowest BCUT2D eigenvalue weighted by atomic mass is 9.93. The minimum absolute atomic E-state index is 0.238. The average Bonchev–Trinajstić information content (AvgIpc) is 3.03. The Morgan fingerprint density at radius 3 is 2.21 bits per heavy atom. The number of aryl methyl sites for hydroxylation is 1. The van der Waals surface area contributed by atoms with Crippen LogP contribution in [0, 0.1) is 5.82 Å². The van der Waals surface area contributed by atoms with Crippen molar-refractivity contribution in [1.82, 2.24) is 9.78 Å². The second kappa shape index (κ2) is 7.51. The largest absolute Gasteiger partial charge is 0.439 e. The van der Waals surface area contributed by atoms with Gasteiger partial charge in [-0.1, -0.05) is 0 Å². The predicted molar refractivity (Wildman–Crippen MR) is 102 cm³/mol. The van der Waals surface area contributed by atoms with Crippen molar-refractivity contribution in [3.63, 3.8) is 0 Å². The molecule has 0 radical (unpaired) electrons. The fourth-order valence-corrected chi connectivity index (χ4v) is 2.79. The van der Waals surface area contributed by atoms with Gasteiger partial charge in [-0.05, 0) is 68.8 Å². The number of aromatic nitrogens is 2. The summed E-state index contributed by atoms with van der Waals surface area (Å²) < 4.78 is 59.5. The molecule has 1 heterocycles. The molecule has 29 heavy (non-hydrogen) atoms. The van der Waals surface area contributed by atoms with Crippen molar-refractivity contribution in [2.24, 2.45) is 5.73 Å². The lowest BCUT2D eigenvalue weighted by Gasteiger charge is -2.19. The van der Waals surface area contributed by atoms with Gasteiger partial charge in [0.25, 0.3) is 0 Å². The van der Waals surface area contributed by atoms with Crippen LogP contribution in [0.2, 0.25) is 0 Å². The minimum Gasteiger partial charge on any atom is -0.439 e. The van der Waals surface area contributed by atoms with Crippen molar-refractivity contribution in [3.8, 4) is 22.9 Å². The van der Waals surface area contributed by atoms with Gasteiger partial charge in [0, 0.05) is 23.7 Å². The number of ether oxygens (including phenoxy) is 1. The molecule has 0 atom stereocenters. The second-order valence-electron chi connectivity index (χ2n) is 7.26. The van der Waals surface area contributed by atoms with Crippen molar-refractivity contribution in [1.29, 1.82) is 0 Å². The van der Waals surface area contributed by atoms with Crippen LogP contribution in [0.25, 0.3) is 11.3 Å². The molecule has 8 heteroatoms. The van der Waals surface area contributed by atoms with E-state index in [9.17, 15) is 17.6 Å². The van der Waals surface area contributed by atoms with E-state index in [1.54, 1.807) is 30.7 Å². The van der Waals surface area contributed by atoms with E-state index in [1.807, 2.05) is 6.92 Å². The molecular formula is C21H21F4N3O. The molecule has 0 saturated heterocycles. The lowest BCUT2D eigenvalue weighted by Crippen LogP contribution is -2.28. The fraction of sp³-hybridized carbons (Fsp3) is 0.286. The molecule has 1 aromatic heterocycles. The third-order valence-corrected chi connectivity index (χ3v) is 4.38. The number of hydrogen-bond acceptors (Lipinski definition) is 3. The summed E-state index contributed by atoms with van der Waals surface area (Å²) in [5.41, 5.74) is 6.21. The molecule has 0 aliphatic rings. The zero-order chi connectivity index (χ0) is 21.4. The highest BCUT2D eigenvalue weighted by Gasteiger charge is 2.30. The molecule has 154 valence electrons. The molecule has 0 spiro atoms. The molecule has 0 bridgehead atoms. The summed E-state index contributed by atoms with van der Waals surface area (Å²) >= 11 is 0. The van der Waals surface area contributed by atoms with Gasteiger partial charge in [-0.15, -0.1) is 0 Å². The average molecular weight is 407 g/mol. The summed E-state index contributed by atoms with van der Waals surface area (Å²) in [7, 11) is 0. The molecule has 3 rings (SSSR count). The lowest BCUT2D eigenvalue weighted by molar-refractivity contribution is -0.137. The van der Waals surface area contributed by atoms with Crippen LogP contribution >= 0.6 is 0 Å². The van der Waals surface area contributed by atoms with Crippen molar-refractivity contribution in [2.45, 2.75) is 39.0 Å². The SMILES string of the molecule is CCn1nc(-c2cc(F)cc(C(C)(C)N)c2)cc1Oc1ccc(C(F)(F)F)cc1. The van der Waals surface area contributed by atoms with Crippen LogP contribution in [-0.4, -0.2) is 9.78 Å². The molecular weight excluding hydrogens is 386 g/mol. The monoisotopic (exact) mass is 407 g/mol. The number of benzene rings is 2. The molecule has 0 saturated carbocycles. The summed E-state index contributed by atoms with van der Waals surface area (Å²) in [5, 5.41) is 4.42. The topological polar surface area (TPSA) is 53.1 Å². The Morgan fingerprint density at radius 1 is 1.00 bits per heavy atom. The maximum absolute atomic E-state index is 14.1. The first-order valence-electron chi connectivity index (χ1n) is 9.00. The van der Waals surface area contributed by atoms with Gasteiger partial charge >= 0.3 is 6.18 Å². The Hall–Kier alpha value is -2.87. The van der Waals surface area contributed by atoms with Crippen molar-refractivity contribution in [2.75, 3.05) is 0 Å². The van der Waals surface area contributed by atoms with Gasteiger partial charge in [0.05, 0.1) is 11.3 Å². The van der Waals surface area contributed by atoms with Crippen molar-refractivity contribution >= 4 is 0 Å². The summed E-state index contributed by atoms with van der Waals surface area (Å²) in [6, 6.07) is 10.5. The molecule has 0 aliphatic heterocycles. The summed E-state index contributed by atoms with van der Waals surface area (Å²) in [6.45, 7) is 5.85. The fourth-order valence-electron chi connectivity index (χ4n) is 2.79. The summed E-state index contributed by atoms with van der Waals surface area (Å²) in [5.74, 6) is 0.134. The van der Waals surface area contributed by atoms with E-state index in [2.05, 4.69) is 5.10 Å². The minimum atomic E-state index is -4.41. The van der Waals surface area contributed by atoms with E-state index in [0.717, 1.165) is 12.1 Å². The zero-order valence-electron chi connectivity index (χ0n) is 16.2. The van der Waals surface area contributed by atoms with Gasteiger partial charge in [-0.2, -0.15) is 18.3 Å². The third-order valence-electron chi connectivity index (χ3n) is 4.38. The van der Waals surface area contributed by atoms with Crippen LogP contribution in [0.1, 0.15) is 31.9 Å². The molecule has 0 fully saturated rings. The number of alkyl halides is 3. The van der Waals surface area contributed by atoms with Gasteiger partial charge < -0.3 is 10.5 Å². The van der Waals surface area contributed by atoms with E-state index < -0.39 is 23.1 Å². The maximum atomic E-state index is 14.1. The first-order chi connectivity index (χ1) is 13.5. The Kier molecular flexibility index (Phi) is 5.40. The van der Waals surface area contributed by atoms with E-state index in [1.165, 1.54) is 24.3 Å². The summed E-state index contributed by atoms with van der Waals surface area (Å²) in [6.07, 6.45) is -4.41. The smallest absolute Gasteiger partial charge is 0.416 e. The molecule has 0 amide bonds. The molecule has 0 aliphatic carbocycles. The number of hydrogen-bond donors (Lipinski definition) is 1. The molecule has 0 unspecified atom stereocenters. The summed E-state index contributed by atoms with van der Waals surface area (Å²) in [4.78, 5) is 0. The van der Waals surface area contributed by atoms with Gasteiger partial charge in [-0.3, -0.25) is 0 Å². The number of nitrogens with two attached hydrogens (primary N) is 1. The van der Waals surface area contributed by atoms with Gasteiger partial charge in [0.2, 0.25) is 5.88 Å². The van der Waals surface area contributed by atoms with Crippen LogP contribution < -0.4 is 10.5 Å². The van der Waals surface area contributed by atoms with Crippen LogP contribution in [0.5, 0.6) is 11.6 Å². The zero-order valence-corrected chi connectivity index (χ0v) is 16.2. The number of rotatable bonds is 5. The van der Waals surface area contributed by atoms with Crippen molar-refractivity contribution < 1.29 is 22.3 Å². The highest BCUT2D eigenvalue weighted by molar-refractivity contribution is 5.62. The van der Waals surface area contributed by atoms with E-state index in [0.29, 0.717) is 29.2 Å². The maximum Gasteiger partial charge on any atom is 0.416 e. The van der Waals surface area contributed by atoms with Crippen LogP contribution in [0.4, 0.5) is 17.6 Å². The van der Waals surface area contributed by atoms with E-state index in [4.69, 9.17) is 10.5 Å². The Bertz CT molecular complexity index is 1000. The predicted octanol–water partition coefficient (Wildman–Crippen LogP) is 5.71. The highest BCUT2D eigenvalue weighted by atomic mass is 19.4. The van der Waals surface area contributed by atoms with Crippen LogP contribution in [-0.2, 0) is 18.3 Å². The Morgan fingerprint density at radius 2 is 1.66 bits per heavy atom. The normalized spacial score (nSPS) is 12.3. The van der Waals surface area contributed by atoms with E-state index >= 15 is 0 Å². The van der Waals surface area contributed by atoms with Gasteiger partial charge in [0.1, 0.15) is 11.6 Å². The quantitative estimate of drug-likeness (QED) is 0.551. The van der Waals surface area contributed by atoms with Crippen molar-refractivity contribution in [3.05, 3.63) is 65.5 Å². The molecule has 2 N–H and O–H groups in total. The standard InChI is InChI=1S/C21H21F4N3O/c1-4-28-19(29-17-7-5-14(6-8-17)21(23,24)25)12-18(27-28)13-9-15(20(2,3)26)11-16(22)10-13/h5-12H,4,26H2,1-3H3. The first kappa shape index (κ1) is 20.9. The molecule has 4 nitrogen and oxygen atoms in total. The van der Waals surface area contributed by atoms with Crippen LogP contribution in [0.3, 0.4) is 0 Å². The third kappa shape index (κ3) is 4.76. The molecule has 2 aromatic carbocycles. The van der Waals surface area contributed by atoms with Crippen LogP contribution in [0.15, 0.2) is 48.5 Å². The van der Waals surface area contributed by atoms with Gasteiger partial charge in [0.15, 0.2) is 0 Å². The first-order valence-corrected chi connectivity index (χ1v) is 9.00. The second-order valence-corrected chi connectivity index (χ2v) is 7.26. The number of nitrogens with zero attached hydrogens (tertiary/aromatic N) is 2. The number of halogens is 4. The Balaban J connectivity index is 1.93. The molecule has 3 aromatic rings. The highest BCUT2D eigenvalue weighted by Crippen LogP contribution is 2.33.